The van der Waals surface area contributed by atoms with Crippen molar-refractivity contribution < 1.29 is 13.2 Å². The second kappa shape index (κ2) is 7.77. The standard InChI is InChI=1S/C20H21N3O3S/c1-22(2)27(25,26)19-11-7-17(8-12-19)21-20(24)15-16-5-9-18(10-6-16)23-13-3-4-14-23/h3-14H,15H2,1-2H3,(H,21,24). The van der Waals surface area contributed by atoms with Crippen molar-refractivity contribution in [2.24, 2.45) is 0 Å². The van der Waals surface area contributed by atoms with Gasteiger partial charge in [0.05, 0.1) is 11.3 Å². The lowest BCUT2D eigenvalue weighted by atomic mass is 10.1. The Morgan fingerprint density at radius 1 is 0.963 bits per heavy atom. The maximum atomic E-state index is 12.2. The molecule has 0 saturated carbocycles. The Balaban J connectivity index is 1.62. The minimum atomic E-state index is -3.47. The number of sulfonamides is 1. The fourth-order valence-electron chi connectivity index (χ4n) is 2.60. The quantitative estimate of drug-likeness (QED) is 0.711. The van der Waals surface area contributed by atoms with Gasteiger partial charge in [-0.3, -0.25) is 4.79 Å². The molecule has 140 valence electrons. The van der Waals surface area contributed by atoms with E-state index in [4.69, 9.17) is 0 Å². The molecule has 0 saturated heterocycles. The summed E-state index contributed by atoms with van der Waals surface area (Å²) in [7, 11) is -0.517. The molecule has 0 radical (unpaired) electrons. The molecule has 0 spiro atoms. The van der Waals surface area contributed by atoms with Crippen LogP contribution in [0.25, 0.3) is 5.69 Å². The van der Waals surface area contributed by atoms with Crippen molar-refractivity contribution in [1.82, 2.24) is 8.87 Å². The van der Waals surface area contributed by atoms with E-state index in [0.29, 0.717) is 5.69 Å². The highest BCUT2D eigenvalue weighted by Crippen LogP contribution is 2.17. The molecule has 1 heterocycles. The van der Waals surface area contributed by atoms with Crippen LogP contribution in [0.4, 0.5) is 5.69 Å². The molecule has 1 aromatic heterocycles. The monoisotopic (exact) mass is 383 g/mol. The van der Waals surface area contributed by atoms with Crippen molar-refractivity contribution in [2.75, 3.05) is 19.4 Å². The highest BCUT2D eigenvalue weighted by atomic mass is 32.2. The Morgan fingerprint density at radius 2 is 1.56 bits per heavy atom. The third-order valence-electron chi connectivity index (χ3n) is 4.12. The number of nitrogens with zero attached hydrogens (tertiary/aromatic N) is 2. The largest absolute Gasteiger partial charge is 0.326 e. The number of carbonyl (C=O) groups is 1. The number of aromatic nitrogens is 1. The fourth-order valence-corrected chi connectivity index (χ4v) is 3.51. The van der Waals surface area contributed by atoms with Gasteiger partial charge < -0.3 is 9.88 Å². The van der Waals surface area contributed by atoms with E-state index in [9.17, 15) is 13.2 Å². The molecular formula is C20H21N3O3S. The van der Waals surface area contributed by atoms with Crippen molar-refractivity contribution in [3.63, 3.8) is 0 Å². The number of amides is 1. The first kappa shape index (κ1) is 18.9. The van der Waals surface area contributed by atoms with Crippen molar-refractivity contribution in [1.29, 1.82) is 0 Å². The van der Waals surface area contributed by atoms with E-state index in [2.05, 4.69) is 5.32 Å². The van der Waals surface area contributed by atoms with Crippen LogP contribution in [-0.2, 0) is 21.2 Å². The van der Waals surface area contributed by atoms with E-state index < -0.39 is 10.0 Å². The Bertz CT molecular complexity index is 1010. The Hall–Kier alpha value is -2.90. The third kappa shape index (κ3) is 4.45. The normalized spacial score (nSPS) is 11.5. The third-order valence-corrected chi connectivity index (χ3v) is 5.95. The zero-order chi connectivity index (χ0) is 19.4. The summed E-state index contributed by atoms with van der Waals surface area (Å²) in [6.07, 6.45) is 4.16. The minimum absolute atomic E-state index is 0.160. The van der Waals surface area contributed by atoms with Crippen LogP contribution in [0.1, 0.15) is 5.56 Å². The van der Waals surface area contributed by atoms with Gasteiger partial charge in [0.15, 0.2) is 0 Å². The lowest BCUT2D eigenvalue weighted by Crippen LogP contribution is -2.22. The predicted molar refractivity (Wildman–Crippen MR) is 105 cm³/mol. The first-order valence-corrected chi connectivity index (χ1v) is 9.85. The van der Waals surface area contributed by atoms with Gasteiger partial charge in [-0.05, 0) is 54.1 Å². The van der Waals surface area contributed by atoms with Gasteiger partial charge in [0.25, 0.3) is 0 Å². The molecule has 0 unspecified atom stereocenters. The number of hydrogen-bond donors (Lipinski definition) is 1. The molecule has 1 amide bonds. The molecule has 0 bridgehead atoms. The number of rotatable bonds is 6. The number of carbonyl (C=O) groups excluding carboxylic acids is 1. The van der Waals surface area contributed by atoms with E-state index in [0.717, 1.165) is 15.6 Å². The molecule has 3 aromatic rings. The van der Waals surface area contributed by atoms with Gasteiger partial charge in [-0.1, -0.05) is 12.1 Å². The maximum absolute atomic E-state index is 12.2. The molecule has 0 aliphatic heterocycles. The Morgan fingerprint density at radius 3 is 2.11 bits per heavy atom. The van der Waals surface area contributed by atoms with Gasteiger partial charge in [-0.2, -0.15) is 0 Å². The predicted octanol–water partition coefficient (Wildman–Crippen LogP) is 2.91. The molecule has 0 aliphatic carbocycles. The van der Waals surface area contributed by atoms with Crippen LogP contribution in [0.15, 0.2) is 78.0 Å². The first-order chi connectivity index (χ1) is 12.9. The number of nitrogens with one attached hydrogen (secondary N) is 1. The van der Waals surface area contributed by atoms with E-state index in [1.54, 1.807) is 12.1 Å². The average Bonchev–Trinajstić information content (AvgIpc) is 3.17. The molecule has 0 fully saturated rings. The van der Waals surface area contributed by atoms with E-state index >= 15 is 0 Å². The molecule has 7 heteroatoms. The molecule has 6 nitrogen and oxygen atoms in total. The van der Waals surface area contributed by atoms with Crippen LogP contribution in [0.2, 0.25) is 0 Å². The van der Waals surface area contributed by atoms with Gasteiger partial charge in [0.2, 0.25) is 15.9 Å². The molecule has 0 atom stereocenters. The summed E-state index contributed by atoms with van der Waals surface area (Å²) >= 11 is 0. The van der Waals surface area contributed by atoms with Crippen LogP contribution in [0.5, 0.6) is 0 Å². The smallest absolute Gasteiger partial charge is 0.242 e. The van der Waals surface area contributed by atoms with Crippen molar-refractivity contribution >= 4 is 21.6 Å². The lowest BCUT2D eigenvalue weighted by Gasteiger charge is -2.12. The zero-order valence-corrected chi connectivity index (χ0v) is 16.0. The van der Waals surface area contributed by atoms with Crippen LogP contribution < -0.4 is 5.32 Å². The molecule has 1 N–H and O–H groups in total. The van der Waals surface area contributed by atoms with Crippen LogP contribution in [0, 0.1) is 0 Å². The molecule has 3 rings (SSSR count). The Labute approximate surface area is 159 Å². The summed E-state index contributed by atoms with van der Waals surface area (Å²) in [5.41, 5.74) is 2.48. The van der Waals surface area contributed by atoms with Crippen molar-refractivity contribution in [2.45, 2.75) is 11.3 Å². The van der Waals surface area contributed by atoms with Gasteiger partial charge in [0, 0.05) is 37.9 Å². The summed E-state index contributed by atoms with van der Waals surface area (Å²) in [4.78, 5) is 12.4. The highest BCUT2D eigenvalue weighted by molar-refractivity contribution is 7.89. The van der Waals surface area contributed by atoms with Crippen LogP contribution in [0.3, 0.4) is 0 Å². The topological polar surface area (TPSA) is 71.4 Å². The highest BCUT2D eigenvalue weighted by Gasteiger charge is 2.16. The van der Waals surface area contributed by atoms with Crippen molar-refractivity contribution in [3.8, 4) is 5.69 Å². The summed E-state index contributed by atoms with van der Waals surface area (Å²) in [5.74, 6) is -0.160. The number of hydrogen-bond acceptors (Lipinski definition) is 3. The SMILES string of the molecule is CN(C)S(=O)(=O)c1ccc(NC(=O)Cc2ccc(-n3cccc3)cc2)cc1. The molecule has 0 aliphatic rings. The number of anilines is 1. The lowest BCUT2D eigenvalue weighted by molar-refractivity contribution is -0.115. The van der Waals surface area contributed by atoms with Gasteiger partial charge >= 0.3 is 0 Å². The zero-order valence-electron chi connectivity index (χ0n) is 15.2. The fraction of sp³-hybridized carbons (Fsp3) is 0.150. The summed E-state index contributed by atoms with van der Waals surface area (Å²) in [5, 5.41) is 2.79. The van der Waals surface area contributed by atoms with Gasteiger partial charge in [0.1, 0.15) is 0 Å². The maximum Gasteiger partial charge on any atom is 0.242 e. The van der Waals surface area contributed by atoms with E-state index in [1.165, 1.54) is 26.2 Å². The van der Waals surface area contributed by atoms with Gasteiger partial charge in [-0.25, -0.2) is 12.7 Å². The average molecular weight is 383 g/mol. The van der Waals surface area contributed by atoms with Crippen molar-refractivity contribution in [3.05, 3.63) is 78.6 Å². The van der Waals surface area contributed by atoms with Crippen LogP contribution >= 0.6 is 0 Å². The molecular weight excluding hydrogens is 362 g/mol. The number of benzene rings is 2. The first-order valence-electron chi connectivity index (χ1n) is 8.41. The van der Waals surface area contributed by atoms with Crippen LogP contribution in [-0.4, -0.2) is 37.3 Å². The molecule has 27 heavy (non-hydrogen) atoms. The van der Waals surface area contributed by atoms with E-state index in [1.807, 2.05) is 53.4 Å². The minimum Gasteiger partial charge on any atom is -0.326 e. The second-order valence-corrected chi connectivity index (χ2v) is 8.45. The van der Waals surface area contributed by atoms with Gasteiger partial charge in [-0.15, -0.1) is 0 Å². The summed E-state index contributed by atoms with van der Waals surface area (Å²) in [6.45, 7) is 0. The summed E-state index contributed by atoms with van der Waals surface area (Å²) in [6, 6.07) is 17.8. The Kier molecular flexibility index (Phi) is 5.43. The summed E-state index contributed by atoms with van der Waals surface area (Å²) < 4.78 is 27.3. The second-order valence-electron chi connectivity index (χ2n) is 6.29. The van der Waals surface area contributed by atoms with E-state index in [-0.39, 0.29) is 17.2 Å². The molecule has 2 aromatic carbocycles.